The van der Waals surface area contributed by atoms with E-state index in [1.54, 1.807) is 0 Å². The molecule has 0 spiro atoms. The monoisotopic (exact) mass is 259 g/mol. The molecule has 0 radical (unpaired) electrons. The van der Waals surface area contributed by atoms with Crippen molar-refractivity contribution in [1.82, 2.24) is 20.0 Å². The highest BCUT2D eigenvalue weighted by Crippen LogP contribution is 2.21. The summed E-state index contributed by atoms with van der Waals surface area (Å²) in [6, 6.07) is 2.18. The maximum atomic E-state index is 5.71. The lowest BCUT2D eigenvalue weighted by Crippen LogP contribution is -2.29. The van der Waals surface area contributed by atoms with Crippen molar-refractivity contribution in [3.05, 3.63) is 47.8 Å². The molecule has 2 aromatic rings. The third-order valence-corrected chi connectivity index (χ3v) is 3.48. The summed E-state index contributed by atoms with van der Waals surface area (Å²) in [4.78, 5) is 8.51. The smallest absolute Gasteiger partial charge is 0.108 e. The van der Waals surface area contributed by atoms with Gasteiger partial charge in [0.15, 0.2) is 0 Å². The van der Waals surface area contributed by atoms with Crippen molar-refractivity contribution in [3.8, 4) is 0 Å². The molecule has 3 N–H and O–H groups in total. The lowest BCUT2D eigenvalue weighted by atomic mass is 9.97. The number of hydrogen-bond acceptors (Lipinski definition) is 4. The van der Waals surface area contributed by atoms with Gasteiger partial charge in [0, 0.05) is 44.3 Å². The van der Waals surface area contributed by atoms with Crippen molar-refractivity contribution < 1.29 is 0 Å². The van der Waals surface area contributed by atoms with Gasteiger partial charge in [-0.25, -0.2) is 4.98 Å². The van der Waals surface area contributed by atoms with Gasteiger partial charge in [0.1, 0.15) is 5.82 Å². The van der Waals surface area contributed by atoms with Gasteiger partial charge in [-0.15, -0.1) is 0 Å². The van der Waals surface area contributed by atoms with E-state index in [-0.39, 0.29) is 6.04 Å². The molecule has 2 aromatic heterocycles. The lowest BCUT2D eigenvalue weighted by Gasteiger charge is -2.18. The second-order valence-electron chi connectivity index (χ2n) is 4.64. The van der Waals surface area contributed by atoms with Crippen LogP contribution in [0, 0.1) is 0 Å². The number of aryl methyl sites for hydroxylation is 3. The summed E-state index contributed by atoms with van der Waals surface area (Å²) >= 11 is 0. The fourth-order valence-corrected chi connectivity index (χ4v) is 2.31. The second kappa shape index (κ2) is 6.45. The standard InChI is InChI=1S/C14H21N5/c1-3-11-10-16-7-6-12(11)13(18-15)4-5-14-17-8-9-19(14)2/h6-10,13,18H,3-5,15H2,1-2H3. The summed E-state index contributed by atoms with van der Waals surface area (Å²) in [5.74, 6) is 6.78. The van der Waals surface area contributed by atoms with Crippen LogP contribution in [-0.2, 0) is 19.9 Å². The van der Waals surface area contributed by atoms with E-state index < -0.39 is 0 Å². The van der Waals surface area contributed by atoms with Crippen molar-refractivity contribution in [3.63, 3.8) is 0 Å². The van der Waals surface area contributed by atoms with Crippen LogP contribution in [0.2, 0.25) is 0 Å². The van der Waals surface area contributed by atoms with Gasteiger partial charge in [0.2, 0.25) is 0 Å². The highest BCUT2D eigenvalue weighted by Gasteiger charge is 2.14. The SMILES string of the molecule is CCc1cnccc1C(CCc1nccn1C)NN. The molecule has 0 aromatic carbocycles. The van der Waals surface area contributed by atoms with E-state index >= 15 is 0 Å². The molecule has 0 aliphatic rings. The Kier molecular flexibility index (Phi) is 4.65. The largest absolute Gasteiger partial charge is 0.338 e. The van der Waals surface area contributed by atoms with E-state index in [9.17, 15) is 0 Å². The van der Waals surface area contributed by atoms with Crippen LogP contribution in [0.1, 0.15) is 36.3 Å². The van der Waals surface area contributed by atoms with Crippen LogP contribution in [0.4, 0.5) is 0 Å². The zero-order valence-corrected chi connectivity index (χ0v) is 11.5. The van der Waals surface area contributed by atoms with Crippen LogP contribution < -0.4 is 11.3 Å². The van der Waals surface area contributed by atoms with Gasteiger partial charge in [-0.05, 0) is 30.0 Å². The molecule has 0 saturated heterocycles. The summed E-state index contributed by atoms with van der Waals surface area (Å²) < 4.78 is 2.04. The molecule has 0 bridgehead atoms. The van der Waals surface area contributed by atoms with Crippen LogP contribution in [0.25, 0.3) is 0 Å². The number of rotatable bonds is 6. The molecular formula is C14H21N5. The highest BCUT2D eigenvalue weighted by atomic mass is 15.2. The van der Waals surface area contributed by atoms with E-state index in [1.807, 2.05) is 42.5 Å². The van der Waals surface area contributed by atoms with E-state index in [1.165, 1.54) is 11.1 Å². The highest BCUT2D eigenvalue weighted by molar-refractivity contribution is 5.26. The Morgan fingerprint density at radius 2 is 2.26 bits per heavy atom. The van der Waals surface area contributed by atoms with E-state index in [0.717, 1.165) is 25.1 Å². The first-order valence-corrected chi connectivity index (χ1v) is 6.61. The van der Waals surface area contributed by atoms with Crippen LogP contribution in [-0.4, -0.2) is 14.5 Å². The van der Waals surface area contributed by atoms with E-state index in [4.69, 9.17) is 5.84 Å². The lowest BCUT2D eigenvalue weighted by molar-refractivity contribution is 0.502. The van der Waals surface area contributed by atoms with Crippen LogP contribution >= 0.6 is 0 Å². The van der Waals surface area contributed by atoms with Gasteiger partial charge < -0.3 is 4.57 Å². The van der Waals surface area contributed by atoms with Crippen molar-refractivity contribution in [2.75, 3.05) is 0 Å². The number of nitrogens with one attached hydrogen (secondary N) is 1. The predicted molar refractivity (Wildman–Crippen MR) is 75.2 cm³/mol. The average Bonchev–Trinajstić information content (AvgIpc) is 2.85. The number of hydrogen-bond donors (Lipinski definition) is 2. The first-order chi connectivity index (χ1) is 9.26. The Bertz CT molecular complexity index is 520. The Morgan fingerprint density at radius 3 is 2.89 bits per heavy atom. The van der Waals surface area contributed by atoms with Gasteiger partial charge in [-0.2, -0.15) is 0 Å². The fourth-order valence-electron chi connectivity index (χ4n) is 2.31. The summed E-state index contributed by atoms with van der Waals surface area (Å²) in [6.07, 6.45) is 10.3. The molecule has 1 atom stereocenters. The number of hydrazine groups is 1. The minimum atomic E-state index is 0.134. The van der Waals surface area contributed by atoms with Crippen LogP contribution in [0.15, 0.2) is 30.9 Å². The minimum absolute atomic E-state index is 0.134. The number of aromatic nitrogens is 3. The number of imidazole rings is 1. The first kappa shape index (κ1) is 13.7. The Balaban J connectivity index is 2.10. The van der Waals surface area contributed by atoms with Crippen molar-refractivity contribution >= 4 is 0 Å². The molecule has 2 heterocycles. The normalized spacial score (nSPS) is 12.6. The van der Waals surface area contributed by atoms with E-state index in [2.05, 4.69) is 22.3 Å². The minimum Gasteiger partial charge on any atom is -0.338 e. The Hall–Kier alpha value is -1.72. The van der Waals surface area contributed by atoms with Gasteiger partial charge in [0.25, 0.3) is 0 Å². The number of nitrogens with two attached hydrogens (primary N) is 1. The van der Waals surface area contributed by atoms with Crippen molar-refractivity contribution in [2.45, 2.75) is 32.2 Å². The molecule has 1 unspecified atom stereocenters. The molecule has 19 heavy (non-hydrogen) atoms. The summed E-state index contributed by atoms with van der Waals surface area (Å²) in [6.45, 7) is 2.13. The molecule has 0 aliphatic heterocycles. The number of pyridine rings is 1. The molecule has 0 fully saturated rings. The third kappa shape index (κ3) is 3.19. The molecule has 2 rings (SSSR count). The predicted octanol–water partition coefficient (Wildman–Crippen LogP) is 1.51. The molecule has 0 aliphatic carbocycles. The summed E-state index contributed by atoms with van der Waals surface area (Å²) in [5, 5.41) is 0. The van der Waals surface area contributed by atoms with Gasteiger partial charge >= 0.3 is 0 Å². The summed E-state index contributed by atoms with van der Waals surface area (Å²) in [7, 11) is 2.01. The average molecular weight is 259 g/mol. The fraction of sp³-hybridized carbons (Fsp3) is 0.429. The maximum absolute atomic E-state index is 5.71. The zero-order valence-electron chi connectivity index (χ0n) is 11.5. The molecular weight excluding hydrogens is 238 g/mol. The van der Waals surface area contributed by atoms with Crippen LogP contribution in [0.5, 0.6) is 0 Å². The molecule has 5 nitrogen and oxygen atoms in total. The molecule has 0 amide bonds. The molecule has 102 valence electrons. The van der Waals surface area contributed by atoms with Crippen LogP contribution in [0.3, 0.4) is 0 Å². The second-order valence-corrected chi connectivity index (χ2v) is 4.64. The summed E-state index contributed by atoms with van der Waals surface area (Å²) in [5.41, 5.74) is 5.38. The Labute approximate surface area is 113 Å². The van der Waals surface area contributed by atoms with Gasteiger partial charge in [-0.1, -0.05) is 6.92 Å². The quantitative estimate of drug-likeness (QED) is 0.609. The van der Waals surface area contributed by atoms with Gasteiger partial charge in [-0.3, -0.25) is 16.3 Å². The van der Waals surface area contributed by atoms with Crippen molar-refractivity contribution in [2.24, 2.45) is 12.9 Å². The van der Waals surface area contributed by atoms with Gasteiger partial charge in [0.05, 0.1) is 0 Å². The molecule has 0 saturated carbocycles. The van der Waals surface area contributed by atoms with E-state index in [0.29, 0.717) is 0 Å². The maximum Gasteiger partial charge on any atom is 0.108 e. The Morgan fingerprint density at radius 1 is 1.42 bits per heavy atom. The topological polar surface area (TPSA) is 68.8 Å². The first-order valence-electron chi connectivity index (χ1n) is 6.61. The number of nitrogens with zero attached hydrogens (tertiary/aromatic N) is 3. The zero-order chi connectivity index (χ0) is 13.7. The van der Waals surface area contributed by atoms with Crippen molar-refractivity contribution in [1.29, 1.82) is 0 Å². The molecule has 5 heteroatoms. The third-order valence-electron chi connectivity index (χ3n) is 3.48.